The van der Waals surface area contributed by atoms with Crippen molar-refractivity contribution in [2.75, 3.05) is 17.3 Å². The van der Waals surface area contributed by atoms with Gasteiger partial charge in [-0.15, -0.1) is 11.3 Å². The van der Waals surface area contributed by atoms with Crippen LogP contribution >= 0.6 is 11.3 Å². The molecule has 0 aliphatic carbocycles. The summed E-state index contributed by atoms with van der Waals surface area (Å²) in [5.74, 6) is 0.374. The number of nitrogens with one attached hydrogen (secondary N) is 1. The second-order valence-electron chi connectivity index (χ2n) is 8.14. The number of pyridine rings is 1. The molecule has 0 atom stereocenters. The van der Waals surface area contributed by atoms with E-state index in [9.17, 15) is 9.59 Å². The number of nitrogens with zero attached hydrogens (tertiary/aromatic N) is 6. The van der Waals surface area contributed by atoms with E-state index in [1.54, 1.807) is 37.6 Å². The fourth-order valence-corrected chi connectivity index (χ4v) is 4.71. The first-order valence-corrected chi connectivity index (χ1v) is 12.2. The molecule has 0 unspecified atom stereocenters. The zero-order valence-electron chi connectivity index (χ0n) is 19.8. The molecular weight excluding hydrogens is 490 g/mol. The normalized spacial score (nSPS) is 10.8. The van der Waals surface area contributed by atoms with Crippen molar-refractivity contribution in [3.63, 3.8) is 0 Å². The topological polar surface area (TPSA) is 130 Å². The molecule has 0 aliphatic rings. The van der Waals surface area contributed by atoms with Gasteiger partial charge in [0.05, 0.1) is 33.1 Å². The molecule has 5 aromatic rings. The van der Waals surface area contributed by atoms with Crippen LogP contribution in [0.5, 0.6) is 0 Å². The Kier molecular flexibility index (Phi) is 6.74. The Hall–Kier alpha value is -4.82. The molecule has 37 heavy (non-hydrogen) atoms. The predicted octanol–water partition coefficient (Wildman–Crippen LogP) is 4.52. The number of rotatable bonds is 8. The molecule has 1 N–H and O–H groups in total. The quantitative estimate of drug-likeness (QED) is 0.324. The minimum Gasteiger partial charge on any atom is -0.443 e. The fourth-order valence-electron chi connectivity index (χ4n) is 3.86. The van der Waals surface area contributed by atoms with Gasteiger partial charge in [0.15, 0.2) is 12.2 Å². The van der Waals surface area contributed by atoms with Gasteiger partial charge in [-0.25, -0.2) is 9.97 Å². The SMILES string of the molecule is CN(C(=O)CC#N)c1ccc2c(c1)nc(NC(=O)c1ccc(-c3cnco3)s1)n2CCc1cccnc1. The molecule has 0 saturated carbocycles. The highest BCUT2D eigenvalue weighted by molar-refractivity contribution is 7.17. The van der Waals surface area contributed by atoms with Crippen LogP contribution in [0.4, 0.5) is 11.6 Å². The molecule has 10 nitrogen and oxygen atoms in total. The van der Waals surface area contributed by atoms with Crippen LogP contribution in [0, 0.1) is 11.3 Å². The number of nitriles is 1. The Morgan fingerprint density at radius 1 is 1.19 bits per heavy atom. The summed E-state index contributed by atoms with van der Waals surface area (Å²) in [6.07, 6.45) is 6.94. The van der Waals surface area contributed by atoms with Crippen molar-refractivity contribution >= 4 is 45.8 Å². The minimum absolute atomic E-state index is 0.216. The lowest BCUT2D eigenvalue weighted by atomic mass is 10.2. The Balaban J connectivity index is 1.46. The van der Waals surface area contributed by atoms with Crippen molar-refractivity contribution in [1.29, 1.82) is 5.26 Å². The number of hydrogen-bond donors (Lipinski definition) is 1. The van der Waals surface area contributed by atoms with Crippen molar-refractivity contribution in [3.05, 3.63) is 77.9 Å². The number of hydrogen-bond acceptors (Lipinski definition) is 8. The molecule has 2 amide bonds. The van der Waals surface area contributed by atoms with Gasteiger partial charge in [0.25, 0.3) is 5.91 Å². The first-order chi connectivity index (χ1) is 18.0. The number of benzene rings is 1. The first kappa shape index (κ1) is 23.9. The van der Waals surface area contributed by atoms with Crippen LogP contribution in [0.25, 0.3) is 21.7 Å². The summed E-state index contributed by atoms with van der Waals surface area (Å²) in [4.78, 5) is 40.9. The predicted molar refractivity (Wildman–Crippen MR) is 139 cm³/mol. The van der Waals surface area contributed by atoms with E-state index in [2.05, 4.69) is 20.3 Å². The van der Waals surface area contributed by atoms with Crippen LogP contribution in [0.2, 0.25) is 0 Å². The Bertz CT molecular complexity index is 1600. The molecule has 0 aliphatic heterocycles. The molecule has 4 heterocycles. The van der Waals surface area contributed by atoms with Crippen LogP contribution in [-0.2, 0) is 17.8 Å². The Labute approximate surface area is 215 Å². The number of aryl methyl sites for hydroxylation is 2. The van der Waals surface area contributed by atoms with Crippen LogP contribution in [0.1, 0.15) is 21.7 Å². The van der Waals surface area contributed by atoms with Gasteiger partial charge in [-0.1, -0.05) is 6.07 Å². The van der Waals surface area contributed by atoms with Gasteiger partial charge in [0.1, 0.15) is 6.42 Å². The summed E-state index contributed by atoms with van der Waals surface area (Å²) in [6.45, 7) is 0.550. The van der Waals surface area contributed by atoms with Gasteiger partial charge < -0.3 is 13.9 Å². The summed E-state index contributed by atoms with van der Waals surface area (Å²) < 4.78 is 7.26. The maximum Gasteiger partial charge on any atom is 0.268 e. The molecule has 0 radical (unpaired) electrons. The van der Waals surface area contributed by atoms with E-state index in [1.807, 2.05) is 41.1 Å². The van der Waals surface area contributed by atoms with E-state index in [0.717, 1.165) is 16.0 Å². The Morgan fingerprint density at radius 3 is 2.84 bits per heavy atom. The number of carbonyl (C=O) groups is 2. The molecule has 0 saturated heterocycles. The lowest BCUT2D eigenvalue weighted by molar-refractivity contribution is -0.117. The van der Waals surface area contributed by atoms with Crippen molar-refractivity contribution in [2.24, 2.45) is 0 Å². The van der Waals surface area contributed by atoms with Gasteiger partial charge in [-0.2, -0.15) is 5.26 Å². The highest BCUT2D eigenvalue weighted by Gasteiger charge is 2.19. The third kappa shape index (κ3) is 5.10. The zero-order valence-corrected chi connectivity index (χ0v) is 20.6. The number of fused-ring (bicyclic) bond motifs is 1. The summed E-state index contributed by atoms with van der Waals surface area (Å²) in [5, 5.41) is 11.8. The second-order valence-corrected chi connectivity index (χ2v) is 9.23. The van der Waals surface area contributed by atoms with E-state index < -0.39 is 0 Å². The van der Waals surface area contributed by atoms with Crippen molar-refractivity contribution in [3.8, 4) is 16.7 Å². The van der Waals surface area contributed by atoms with Crippen LogP contribution in [0.3, 0.4) is 0 Å². The number of thiophene rings is 1. The standard InChI is InChI=1S/C26H21N7O3S/c1-32(24(34)8-10-27)18-4-5-20-19(13-18)30-26(33(20)12-9-17-3-2-11-28-14-17)31-25(35)23-7-6-22(37-23)21-15-29-16-36-21/h2-7,11,13-16H,8-9,12H2,1H3,(H,30,31,35). The van der Waals surface area contributed by atoms with Crippen LogP contribution in [0.15, 0.2) is 71.9 Å². The molecule has 184 valence electrons. The van der Waals surface area contributed by atoms with E-state index in [4.69, 9.17) is 9.68 Å². The molecule has 0 fully saturated rings. The highest BCUT2D eigenvalue weighted by atomic mass is 32.1. The number of aromatic nitrogens is 4. The average molecular weight is 512 g/mol. The smallest absolute Gasteiger partial charge is 0.268 e. The minimum atomic E-state index is -0.313. The number of anilines is 2. The maximum atomic E-state index is 13.1. The molecular formula is C26H21N7O3S. The van der Waals surface area contributed by atoms with Gasteiger partial charge >= 0.3 is 0 Å². The third-order valence-electron chi connectivity index (χ3n) is 5.80. The molecule has 0 spiro atoms. The maximum absolute atomic E-state index is 13.1. The zero-order chi connectivity index (χ0) is 25.8. The number of amides is 2. The molecule has 1 aromatic carbocycles. The lowest BCUT2D eigenvalue weighted by Crippen LogP contribution is -2.25. The van der Waals surface area contributed by atoms with E-state index in [-0.39, 0.29) is 18.2 Å². The van der Waals surface area contributed by atoms with E-state index in [1.165, 1.54) is 22.6 Å². The fraction of sp³-hybridized carbons (Fsp3) is 0.154. The van der Waals surface area contributed by atoms with Crippen LogP contribution < -0.4 is 10.2 Å². The average Bonchev–Trinajstić information content (AvgIpc) is 3.67. The summed E-state index contributed by atoms with van der Waals surface area (Å²) >= 11 is 1.29. The van der Waals surface area contributed by atoms with Gasteiger partial charge in [0.2, 0.25) is 11.9 Å². The van der Waals surface area contributed by atoms with Crippen molar-refractivity contribution < 1.29 is 14.0 Å². The molecule has 11 heteroatoms. The molecule has 0 bridgehead atoms. The molecule has 4 aromatic heterocycles. The van der Waals surface area contributed by atoms with Crippen molar-refractivity contribution in [1.82, 2.24) is 19.5 Å². The van der Waals surface area contributed by atoms with E-state index in [0.29, 0.717) is 40.8 Å². The van der Waals surface area contributed by atoms with Gasteiger partial charge in [0, 0.05) is 31.7 Å². The monoisotopic (exact) mass is 511 g/mol. The summed E-state index contributed by atoms with van der Waals surface area (Å²) in [7, 11) is 1.62. The van der Waals surface area contributed by atoms with Crippen LogP contribution in [-0.4, -0.2) is 38.4 Å². The number of carbonyl (C=O) groups excluding carboxylic acids is 2. The van der Waals surface area contributed by atoms with Gasteiger partial charge in [-0.3, -0.25) is 19.9 Å². The summed E-state index contributed by atoms with van der Waals surface area (Å²) in [6, 6.07) is 14.7. The second kappa shape index (κ2) is 10.4. The Morgan fingerprint density at radius 2 is 2.08 bits per heavy atom. The van der Waals surface area contributed by atoms with Crippen molar-refractivity contribution in [2.45, 2.75) is 19.4 Å². The number of imidazole rings is 1. The highest BCUT2D eigenvalue weighted by Crippen LogP contribution is 2.29. The van der Waals surface area contributed by atoms with Gasteiger partial charge in [-0.05, 0) is 48.4 Å². The number of oxazole rings is 1. The summed E-state index contributed by atoms with van der Waals surface area (Å²) in [5.41, 5.74) is 3.08. The third-order valence-corrected chi connectivity index (χ3v) is 6.90. The molecule has 5 rings (SSSR count). The largest absolute Gasteiger partial charge is 0.443 e. The van der Waals surface area contributed by atoms with E-state index >= 15 is 0 Å². The lowest BCUT2D eigenvalue weighted by Gasteiger charge is -2.15. The first-order valence-electron chi connectivity index (χ1n) is 11.4.